The number of carboxylic acids is 1. The molecule has 4 nitrogen and oxygen atoms in total. The summed E-state index contributed by atoms with van der Waals surface area (Å²) in [7, 11) is 0. The maximum Gasteiger partial charge on any atom is 0.310 e. The molecule has 0 bridgehead atoms. The number of nitrogens with one attached hydrogen (secondary N) is 1. The maximum absolute atomic E-state index is 11.7. The Balaban J connectivity index is 4.37. The Morgan fingerprint density at radius 2 is 1.76 bits per heavy atom. The molecule has 0 aromatic rings. The van der Waals surface area contributed by atoms with E-state index in [4.69, 9.17) is 0 Å². The van der Waals surface area contributed by atoms with Crippen molar-refractivity contribution >= 4 is 11.9 Å². The monoisotopic (exact) mass is 243 g/mol. The highest BCUT2D eigenvalue weighted by atomic mass is 16.4. The van der Waals surface area contributed by atoms with Gasteiger partial charge in [-0.1, -0.05) is 34.1 Å². The van der Waals surface area contributed by atoms with E-state index < -0.39 is 11.4 Å². The third-order valence-corrected chi connectivity index (χ3v) is 3.65. The highest BCUT2D eigenvalue weighted by Crippen LogP contribution is 2.30. The fraction of sp³-hybridized carbons (Fsp3) is 0.846. The van der Waals surface area contributed by atoms with E-state index in [1.165, 1.54) is 0 Å². The average Bonchev–Trinajstić information content (AvgIpc) is 2.32. The molecule has 0 spiro atoms. The van der Waals surface area contributed by atoms with Gasteiger partial charge in [-0.25, -0.2) is 0 Å². The molecule has 0 saturated heterocycles. The molecule has 0 radical (unpaired) electrons. The summed E-state index contributed by atoms with van der Waals surface area (Å²) in [6, 6.07) is 0. The van der Waals surface area contributed by atoms with Crippen molar-refractivity contribution in [1.29, 1.82) is 0 Å². The normalized spacial score (nSPS) is 13.2. The third kappa shape index (κ3) is 4.75. The van der Waals surface area contributed by atoms with Crippen molar-refractivity contribution in [2.45, 2.75) is 53.4 Å². The second kappa shape index (κ2) is 7.30. The van der Waals surface area contributed by atoms with E-state index in [2.05, 4.69) is 19.2 Å². The lowest BCUT2D eigenvalue weighted by Gasteiger charge is -2.26. The lowest BCUT2D eigenvalue weighted by Crippen LogP contribution is -2.38. The molecular weight excluding hydrogens is 218 g/mol. The van der Waals surface area contributed by atoms with Crippen LogP contribution in [0.5, 0.6) is 0 Å². The molecule has 1 unspecified atom stereocenters. The van der Waals surface area contributed by atoms with Crippen LogP contribution in [-0.4, -0.2) is 23.5 Å². The summed E-state index contributed by atoms with van der Waals surface area (Å²) in [6.07, 6.45) is 2.04. The topological polar surface area (TPSA) is 66.4 Å². The van der Waals surface area contributed by atoms with Gasteiger partial charge in [-0.05, 0) is 18.8 Å². The predicted molar refractivity (Wildman–Crippen MR) is 67.7 cm³/mol. The molecule has 0 saturated carbocycles. The summed E-state index contributed by atoms with van der Waals surface area (Å²) in [5.41, 5.74) is -0.903. The first-order valence-corrected chi connectivity index (χ1v) is 6.41. The molecule has 0 heterocycles. The highest BCUT2D eigenvalue weighted by Gasteiger charge is 2.36. The zero-order valence-corrected chi connectivity index (χ0v) is 11.4. The van der Waals surface area contributed by atoms with E-state index in [0.29, 0.717) is 25.3 Å². The van der Waals surface area contributed by atoms with Gasteiger partial charge in [-0.15, -0.1) is 0 Å². The summed E-state index contributed by atoms with van der Waals surface area (Å²) >= 11 is 0. The molecule has 0 aliphatic heterocycles. The number of carboxylic acid groups (broad SMARTS) is 1. The van der Waals surface area contributed by atoms with E-state index in [-0.39, 0.29) is 12.3 Å². The second-order valence-corrected chi connectivity index (χ2v) is 4.79. The molecule has 100 valence electrons. The Labute approximate surface area is 104 Å². The van der Waals surface area contributed by atoms with Crippen LogP contribution in [0.2, 0.25) is 0 Å². The van der Waals surface area contributed by atoms with Gasteiger partial charge in [0.1, 0.15) is 0 Å². The summed E-state index contributed by atoms with van der Waals surface area (Å²) in [4.78, 5) is 23.0. The van der Waals surface area contributed by atoms with Crippen LogP contribution < -0.4 is 5.32 Å². The van der Waals surface area contributed by atoms with Gasteiger partial charge in [0.05, 0.1) is 5.41 Å². The SMILES string of the molecule is CCC(C)CNC(=O)CC(CC)(CC)C(=O)O. The minimum Gasteiger partial charge on any atom is -0.481 e. The lowest BCUT2D eigenvalue weighted by molar-refractivity contribution is -0.152. The fourth-order valence-corrected chi connectivity index (χ4v) is 1.68. The van der Waals surface area contributed by atoms with Crippen LogP contribution >= 0.6 is 0 Å². The van der Waals surface area contributed by atoms with E-state index >= 15 is 0 Å². The van der Waals surface area contributed by atoms with Gasteiger partial charge in [0, 0.05) is 13.0 Å². The van der Waals surface area contributed by atoms with E-state index in [0.717, 1.165) is 6.42 Å². The number of hydrogen-bond donors (Lipinski definition) is 2. The Kier molecular flexibility index (Phi) is 6.85. The Morgan fingerprint density at radius 1 is 1.24 bits per heavy atom. The Hall–Kier alpha value is -1.06. The van der Waals surface area contributed by atoms with Crippen molar-refractivity contribution in [1.82, 2.24) is 5.32 Å². The molecular formula is C13H25NO3. The molecule has 0 aliphatic carbocycles. The molecule has 17 heavy (non-hydrogen) atoms. The van der Waals surface area contributed by atoms with Crippen LogP contribution in [0.25, 0.3) is 0 Å². The second-order valence-electron chi connectivity index (χ2n) is 4.79. The first kappa shape index (κ1) is 15.9. The molecule has 1 amide bonds. The standard InChI is InChI=1S/C13H25NO3/c1-5-10(4)9-14-11(15)8-13(6-2,7-3)12(16)17/h10H,5-9H2,1-4H3,(H,14,15)(H,16,17). The largest absolute Gasteiger partial charge is 0.481 e. The molecule has 0 aromatic heterocycles. The van der Waals surface area contributed by atoms with Gasteiger partial charge >= 0.3 is 5.97 Å². The summed E-state index contributed by atoms with van der Waals surface area (Å²) < 4.78 is 0. The summed E-state index contributed by atoms with van der Waals surface area (Å²) in [5.74, 6) is -0.598. The molecule has 0 aromatic carbocycles. The molecule has 2 N–H and O–H groups in total. The van der Waals surface area contributed by atoms with E-state index in [1.807, 2.05) is 13.8 Å². The van der Waals surface area contributed by atoms with Gasteiger partial charge in [0.2, 0.25) is 5.91 Å². The summed E-state index contributed by atoms with van der Waals surface area (Å²) in [6.45, 7) is 8.39. The summed E-state index contributed by atoms with van der Waals surface area (Å²) in [5, 5.41) is 12.0. The predicted octanol–water partition coefficient (Wildman–Crippen LogP) is 2.43. The van der Waals surface area contributed by atoms with Crippen molar-refractivity contribution in [3.63, 3.8) is 0 Å². The number of rotatable bonds is 8. The third-order valence-electron chi connectivity index (χ3n) is 3.65. The first-order chi connectivity index (χ1) is 7.91. The lowest BCUT2D eigenvalue weighted by atomic mass is 9.79. The smallest absolute Gasteiger partial charge is 0.310 e. The van der Waals surface area contributed by atoms with Crippen LogP contribution in [-0.2, 0) is 9.59 Å². The van der Waals surface area contributed by atoms with Crippen molar-refractivity contribution in [3.8, 4) is 0 Å². The van der Waals surface area contributed by atoms with Gasteiger partial charge in [-0.3, -0.25) is 9.59 Å². The number of amides is 1. The molecule has 1 atom stereocenters. The Bertz CT molecular complexity index is 259. The van der Waals surface area contributed by atoms with Crippen molar-refractivity contribution in [2.24, 2.45) is 11.3 Å². The van der Waals surface area contributed by atoms with Crippen LogP contribution in [0.4, 0.5) is 0 Å². The highest BCUT2D eigenvalue weighted by molar-refractivity contribution is 5.84. The number of carbonyl (C=O) groups excluding carboxylic acids is 1. The van der Waals surface area contributed by atoms with E-state index in [1.54, 1.807) is 0 Å². The van der Waals surface area contributed by atoms with Crippen LogP contribution in [0.1, 0.15) is 53.4 Å². The van der Waals surface area contributed by atoms with E-state index in [9.17, 15) is 14.7 Å². The van der Waals surface area contributed by atoms with Gasteiger partial charge in [-0.2, -0.15) is 0 Å². The zero-order chi connectivity index (χ0) is 13.5. The van der Waals surface area contributed by atoms with Crippen LogP contribution in [0.15, 0.2) is 0 Å². The van der Waals surface area contributed by atoms with Gasteiger partial charge in [0.15, 0.2) is 0 Å². The van der Waals surface area contributed by atoms with Crippen LogP contribution in [0.3, 0.4) is 0 Å². The molecule has 0 aliphatic rings. The molecule has 0 rings (SSSR count). The van der Waals surface area contributed by atoms with Gasteiger partial charge < -0.3 is 10.4 Å². The van der Waals surface area contributed by atoms with Crippen molar-refractivity contribution in [3.05, 3.63) is 0 Å². The van der Waals surface area contributed by atoms with Crippen molar-refractivity contribution < 1.29 is 14.7 Å². The Morgan fingerprint density at radius 3 is 2.12 bits per heavy atom. The van der Waals surface area contributed by atoms with Crippen LogP contribution in [0, 0.1) is 11.3 Å². The minimum absolute atomic E-state index is 0.0752. The van der Waals surface area contributed by atoms with Crippen molar-refractivity contribution in [2.75, 3.05) is 6.54 Å². The quantitative estimate of drug-likeness (QED) is 0.688. The maximum atomic E-state index is 11.7. The average molecular weight is 243 g/mol. The molecule has 4 heteroatoms. The number of aliphatic carboxylic acids is 1. The number of carbonyl (C=O) groups is 2. The zero-order valence-electron chi connectivity index (χ0n) is 11.4. The fourth-order valence-electron chi connectivity index (χ4n) is 1.68. The van der Waals surface area contributed by atoms with Gasteiger partial charge in [0.25, 0.3) is 0 Å². The number of hydrogen-bond acceptors (Lipinski definition) is 2. The molecule has 0 fully saturated rings. The minimum atomic E-state index is -0.903. The first-order valence-electron chi connectivity index (χ1n) is 6.41.